The van der Waals surface area contributed by atoms with E-state index in [9.17, 15) is 16.8 Å². The molecule has 0 spiro atoms. The van der Waals surface area contributed by atoms with Crippen molar-refractivity contribution in [2.24, 2.45) is 5.14 Å². The molecular weight excluding hydrogens is 404 g/mol. The van der Waals surface area contributed by atoms with Gasteiger partial charge in [-0.3, -0.25) is 4.72 Å². The van der Waals surface area contributed by atoms with Gasteiger partial charge in [-0.2, -0.15) is 9.78 Å². The first kappa shape index (κ1) is 18.5. The van der Waals surface area contributed by atoms with Gasteiger partial charge in [-0.25, -0.2) is 31.9 Å². The van der Waals surface area contributed by atoms with E-state index in [0.717, 1.165) is 30.7 Å². The molecule has 28 heavy (non-hydrogen) atoms. The van der Waals surface area contributed by atoms with Crippen LogP contribution in [0.25, 0.3) is 5.95 Å². The third kappa shape index (κ3) is 3.74. The molecule has 2 heterocycles. The predicted molar refractivity (Wildman–Crippen MR) is 99.8 cm³/mol. The summed E-state index contributed by atoms with van der Waals surface area (Å²) in [4.78, 5) is 7.94. The summed E-state index contributed by atoms with van der Waals surface area (Å²) >= 11 is 0. The smallest absolute Gasteiger partial charge is 0.263 e. The van der Waals surface area contributed by atoms with Crippen LogP contribution in [0, 0.1) is 0 Å². The molecule has 2 aromatic heterocycles. The zero-order chi connectivity index (χ0) is 19.9. The number of aromatic nitrogens is 4. The number of sulfonamides is 2. The Bertz CT molecular complexity index is 1220. The van der Waals surface area contributed by atoms with Crippen molar-refractivity contribution in [3.63, 3.8) is 0 Å². The van der Waals surface area contributed by atoms with E-state index in [4.69, 9.17) is 5.14 Å². The molecule has 1 aliphatic rings. The number of benzene rings is 1. The van der Waals surface area contributed by atoms with Gasteiger partial charge in [0.15, 0.2) is 0 Å². The Balaban J connectivity index is 1.70. The number of hydrogen-bond donors (Lipinski definition) is 2. The average molecular weight is 420 g/mol. The molecule has 1 aliphatic carbocycles. The summed E-state index contributed by atoms with van der Waals surface area (Å²) in [6.07, 6.45) is 5.05. The molecule has 10 nitrogen and oxygen atoms in total. The summed E-state index contributed by atoms with van der Waals surface area (Å²) in [5.41, 5.74) is 0.759. The minimum absolute atomic E-state index is 0.116. The number of primary sulfonamides is 1. The van der Waals surface area contributed by atoms with Crippen molar-refractivity contribution in [2.75, 3.05) is 4.72 Å². The van der Waals surface area contributed by atoms with Crippen LogP contribution < -0.4 is 9.86 Å². The third-order valence-electron chi connectivity index (χ3n) is 4.17. The van der Waals surface area contributed by atoms with Crippen LogP contribution in [0.5, 0.6) is 0 Å². The fourth-order valence-electron chi connectivity index (χ4n) is 2.61. The fraction of sp³-hybridized carbons (Fsp3) is 0.188. The number of rotatable bonds is 6. The van der Waals surface area contributed by atoms with E-state index in [1.165, 1.54) is 29.2 Å². The minimum Gasteiger partial charge on any atom is -0.263 e. The molecule has 146 valence electrons. The number of anilines is 1. The van der Waals surface area contributed by atoms with Gasteiger partial charge in [-0.1, -0.05) is 0 Å². The van der Waals surface area contributed by atoms with Gasteiger partial charge >= 0.3 is 0 Å². The Morgan fingerprint density at radius 1 is 1.00 bits per heavy atom. The normalized spacial score (nSPS) is 14.8. The molecule has 3 N–H and O–H groups in total. The van der Waals surface area contributed by atoms with Crippen LogP contribution in [-0.4, -0.2) is 36.6 Å². The highest BCUT2D eigenvalue weighted by Gasteiger charge is 2.29. The Kier molecular flexibility index (Phi) is 4.40. The Morgan fingerprint density at radius 3 is 2.18 bits per heavy atom. The quantitative estimate of drug-likeness (QED) is 0.603. The van der Waals surface area contributed by atoms with E-state index in [0.29, 0.717) is 5.92 Å². The molecule has 0 saturated heterocycles. The highest BCUT2D eigenvalue weighted by molar-refractivity contribution is 7.92. The monoisotopic (exact) mass is 420 g/mol. The number of nitrogens with zero attached hydrogens (tertiary/aromatic N) is 4. The molecule has 0 radical (unpaired) electrons. The zero-order valence-corrected chi connectivity index (χ0v) is 16.1. The van der Waals surface area contributed by atoms with Gasteiger partial charge in [-0.15, -0.1) is 0 Å². The summed E-state index contributed by atoms with van der Waals surface area (Å²) in [5, 5.41) is 9.48. The average Bonchev–Trinajstić information content (AvgIpc) is 3.43. The van der Waals surface area contributed by atoms with Crippen molar-refractivity contribution in [2.45, 2.75) is 28.6 Å². The summed E-state index contributed by atoms with van der Waals surface area (Å²) in [6, 6.07) is 7.91. The lowest BCUT2D eigenvalue weighted by Crippen LogP contribution is -2.17. The van der Waals surface area contributed by atoms with E-state index in [-0.39, 0.29) is 21.6 Å². The standard InChI is InChI=1S/C16H16N6O4S2/c17-27(23,24)12-4-6-13(7-5-12)28(25,26)21-15-10-14(11-2-3-11)20-22(15)16-18-8-1-9-19-16/h1,4-11,21H,2-3H2,(H2,17,23,24). The second-order valence-corrected chi connectivity index (χ2v) is 9.56. The van der Waals surface area contributed by atoms with E-state index < -0.39 is 20.0 Å². The third-order valence-corrected chi connectivity index (χ3v) is 6.47. The molecule has 0 atom stereocenters. The topological polar surface area (TPSA) is 150 Å². The molecule has 0 unspecified atom stereocenters. The van der Waals surface area contributed by atoms with Crippen molar-refractivity contribution in [1.29, 1.82) is 0 Å². The molecule has 0 aliphatic heterocycles. The van der Waals surface area contributed by atoms with Crippen molar-refractivity contribution in [3.05, 3.63) is 54.5 Å². The molecule has 1 saturated carbocycles. The fourth-order valence-corrected chi connectivity index (χ4v) is 4.16. The van der Waals surface area contributed by atoms with Gasteiger partial charge in [0, 0.05) is 24.4 Å². The summed E-state index contributed by atoms with van der Waals surface area (Å²) in [7, 11) is -7.91. The summed E-state index contributed by atoms with van der Waals surface area (Å²) < 4.78 is 52.0. The molecule has 1 aromatic carbocycles. The SMILES string of the molecule is NS(=O)(=O)c1ccc(S(=O)(=O)Nc2cc(C3CC3)nn2-c2ncccn2)cc1. The van der Waals surface area contributed by atoms with Crippen molar-refractivity contribution < 1.29 is 16.8 Å². The van der Waals surface area contributed by atoms with Gasteiger partial charge in [0.1, 0.15) is 5.82 Å². The van der Waals surface area contributed by atoms with Crippen LogP contribution in [0.15, 0.2) is 58.6 Å². The molecule has 0 bridgehead atoms. The number of hydrogen-bond acceptors (Lipinski definition) is 7. The highest BCUT2D eigenvalue weighted by Crippen LogP contribution is 2.40. The van der Waals surface area contributed by atoms with Crippen LogP contribution >= 0.6 is 0 Å². The highest BCUT2D eigenvalue weighted by atomic mass is 32.2. The molecule has 12 heteroatoms. The van der Waals surface area contributed by atoms with E-state index in [2.05, 4.69) is 19.8 Å². The van der Waals surface area contributed by atoms with Gasteiger partial charge in [0.05, 0.1) is 15.5 Å². The molecule has 3 aromatic rings. The lowest BCUT2D eigenvalue weighted by molar-refractivity contribution is 0.595. The molecule has 0 amide bonds. The molecular formula is C16H16N6O4S2. The molecule has 1 fully saturated rings. The van der Waals surface area contributed by atoms with E-state index in [1.807, 2.05) is 0 Å². The Morgan fingerprint density at radius 2 is 1.61 bits per heavy atom. The number of nitrogens with two attached hydrogens (primary N) is 1. The lowest BCUT2D eigenvalue weighted by atomic mass is 10.3. The maximum atomic E-state index is 12.8. The van der Waals surface area contributed by atoms with Crippen molar-refractivity contribution in [1.82, 2.24) is 19.7 Å². The largest absolute Gasteiger partial charge is 0.263 e. The van der Waals surface area contributed by atoms with Crippen LogP contribution in [0.4, 0.5) is 5.82 Å². The van der Waals surface area contributed by atoms with Crippen molar-refractivity contribution >= 4 is 25.9 Å². The first-order chi connectivity index (χ1) is 13.2. The zero-order valence-electron chi connectivity index (χ0n) is 14.4. The van der Waals surface area contributed by atoms with Gasteiger partial charge < -0.3 is 0 Å². The lowest BCUT2D eigenvalue weighted by Gasteiger charge is -2.09. The van der Waals surface area contributed by atoms with Crippen LogP contribution in [0.1, 0.15) is 24.5 Å². The second-order valence-electron chi connectivity index (χ2n) is 6.31. The Labute approximate surface area is 161 Å². The first-order valence-corrected chi connectivity index (χ1v) is 11.3. The van der Waals surface area contributed by atoms with Crippen LogP contribution in [-0.2, 0) is 20.0 Å². The van der Waals surface area contributed by atoms with Gasteiger partial charge in [-0.05, 0) is 43.2 Å². The summed E-state index contributed by atoms with van der Waals surface area (Å²) in [6.45, 7) is 0. The maximum absolute atomic E-state index is 12.8. The maximum Gasteiger partial charge on any atom is 0.263 e. The van der Waals surface area contributed by atoms with Gasteiger partial charge in [0.25, 0.3) is 16.0 Å². The van der Waals surface area contributed by atoms with E-state index in [1.54, 1.807) is 12.1 Å². The van der Waals surface area contributed by atoms with Crippen LogP contribution in [0.2, 0.25) is 0 Å². The van der Waals surface area contributed by atoms with Gasteiger partial charge in [0.2, 0.25) is 10.0 Å². The minimum atomic E-state index is -4.00. The Hall–Kier alpha value is -2.83. The van der Waals surface area contributed by atoms with Crippen molar-refractivity contribution in [3.8, 4) is 5.95 Å². The van der Waals surface area contributed by atoms with Crippen LogP contribution in [0.3, 0.4) is 0 Å². The summed E-state index contributed by atoms with van der Waals surface area (Å²) in [5.74, 6) is 0.725. The first-order valence-electron chi connectivity index (χ1n) is 8.27. The second kappa shape index (κ2) is 6.65. The molecule has 4 rings (SSSR count). The predicted octanol–water partition coefficient (Wildman–Crippen LogP) is 0.988. The van der Waals surface area contributed by atoms with E-state index >= 15 is 0 Å². The number of nitrogens with one attached hydrogen (secondary N) is 1.